The average Bonchev–Trinajstić information content (AvgIpc) is 4.04. The molecule has 1 aliphatic heterocycles. The number of nitrogens with zero attached hydrogens (tertiary/aromatic N) is 2. The SMILES string of the molecule is CN(C)C(=O)[C@@H](NC(=O)CCC(=O)C(=O)C(CC(=O)[C@@H]1[C@H]2C[C@H]2CN1C(=O)[C@@H](NC(=O)OC(C)(C)C)C1Cc2ccccc2C1)CC1CC1)c1ccccc1. The third kappa shape index (κ3) is 9.87. The van der Waals surface area contributed by atoms with Gasteiger partial charge >= 0.3 is 6.09 Å². The van der Waals surface area contributed by atoms with Crippen molar-refractivity contribution in [3.63, 3.8) is 0 Å². The van der Waals surface area contributed by atoms with Gasteiger partial charge in [0, 0.05) is 45.8 Å². The van der Waals surface area contributed by atoms with Crippen LogP contribution in [0.25, 0.3) is 0 Å². The number of ether oxygens (including phenoxy) is 1. The zero-order valence-electron chi connectivity index (χ0n) is 32.5. The molecule has 4 aliphatic rings. The number of nitrogens with one attached hydrogen (secondary N) is 2. The van der Waals surface area contributed by atoms with Crippen molar-refractivity contribution in [3.8, 4) is 0 Å². The summed E-state index contributed by atoms with van der Waals surface area (Å²) in [5.41, 5.74) is 2.06. The van der Waals surface area contributed by atoms with E-state index in [4.69, 9.17) is 4.74 Å². The van der Waals surface area contributed by atoms with Crippen molar-refractivity contribution in [2.45, 2.75) is 102 Å². The number of hydrogen-bond acceptors (Lipinski definition) is 8. The van der Waals surface area contributed by atoms with Crippen molar-refractivity contribution in [1.29, 1.82) is 0 Å². The highest BCUT2D eigenvalue weighted by molar-refractivity contribution is 6.38. The Morgan fingerprint density at radius 2 is 1.51 bits per heavy atom. The molecular formula is C43H54N4O8. The van der Waals surface area contributed by atoms with E-state index in [2.05, 4.69) is 10.6 Å². The van der Waals surface area contributed by atoms with Gasteiger partial charge in [0.05, 0.1) is 6.04 Å². The van der Waals surface area contributed by atoms with Gasteiger partial charge in [-0.3, -0.25) is 28.8 Å². The smallest absolute Gasteiger partial charge is 0.408 e. The number of ketones is 3. The molecule has 2 saturated carbocycles. The Bertz CT molecular complexity index is 1790. The second-order valence-corrected chi connectivity index (χ2v) is 17.1. The number of alkyl carbamates (subject to hydrolysis) is 1. The zero-order chi connectivity index (χ0) is 39.6. The van der Waals surface area contributed by atoms with Crippen molar-refractivity contribution < 1.29 is 38.3 Å². The second kappa shape index (κ2) is 16.5. The molecule has 3 aliphatic carbocycles. The van der Waals surface area contributed by atoms with Crippen LogP contribution in [0, 0.1) is 29.6 Å². The molecule has 0 radical (unpaired) electrons. The molecule has 1 saturated heterocycles. The first kappa shape index (κ1) is 39.8. The van der Waals surface area contributed by atoms with Crippen LogP contribution in [0.2, 0.25) is 0 Å². The maximum Gasteiger partial charge on any atom is 0.408 e. The number of likely N-dealkylation sites (N-methyl/N-ethyl adjacent to an activating group) is 1. The first-order chi connectivity index (χ1) is 26.1. The number of Topliss-reactive ketones (excluding diaryl/α,β-unsaturated/α-hetero) is 3. The standard InChI is InChI=1S/C43H54N4O8/c1-43(2,3)55-42(54)45-37(29-20-27-13-9-10-14-28(27)21-29)41(53)47-24-31-22-32(31)38(47)34(49)23-30(19-25-15-16-25)39(51)33(48)17-18-35(50)44-36(40(52)46(4)5)26-11-7-6-8-12-26/h6-14,25,29-32,36-38H,15-24H2,1-5H3,(H,44,50)(H,45,54)/t30?,31-,32-,36-,37-,38-/m0/s1. The van der Waals surface area contributed by atoms with Gasteiger partial charge in [0.1, 0.15) is 17.7 Å². The van der Waals surface area contributed by atoms with Crippen molar-refractivity contribution in [1.82, 2.24) is 20.4 Å². The lowest BCUT2D eigenvalue weighted by Crippen LogP contribution is -2.56. The summed E-state index contributed by atoms with van der Waals surface area (Å²) < 4.78 is 5.56. The molecule has 6 atom stereocenters. The van der Waals surface area contributed by atoms with Crippen LogP contribution < -0.4 is 10.6 Å². The van der Waals surface area contributed by atoms with Crippen LogP contribution in [0.1, 0.15) is 88.4 Å². The predicted molar refractivity (Wildman–Crippen MR) is 203 cm³/mol. The van der Waals surface area contributed by atoms with Crippen molar-refractivity contribution in [3.05, 3.63) is 71.3 Å². The Kier molecular flexibility index (Phi) is 11.9. The van der Waals surface area contributed by atoms with Crippen LogP contribution in [-0.4, -0.2) is 89.3 Å². The molecule has 55 heavy (non-hydrogen) atoms. The Morgan fingerprint density at radius 1 is 0.873 bits per heavy atom. The van der Waals surface area contributed by atoms with Gasteiger partial charge in [0.15, 0.2) is 11.6 Å². The van der Waals surface area contributed by atoms with Gasteiger partial charge in [-0.2, -0.15) is 0 Å². The first-order valence-corrected chi connectivity index (χ1v) is 19.6. The molecule has 2 aromatic rings. The van der Waals surface area contributed by atoms with Gasteiger partial charge in [0.25, 0.3) is 0 Å². The summed E-state index contributed by atoms with van der Waals surface area (Å²) in [5, 5.41) is 5.58. The molecule has 12 heteroatoms. The molecule has 4 amide bonds. The van der Waals surface area contributed by atoms with Crippen LogP contribution in [0.5, 0.6) is 0 Å². The number of hydrogen-bond donors (Lipinski definition) is 2. The molecule has 1 unspecified atom stereocenters. The minimum atomic E-state index is -0.944. The molecule has 3 fully saturated rings. The monoisotopic (exact) mass is 754 g/mol. The molecule has 12 nitrogen and oxygen atoms in total. The summed E-state index contributed by atoms with van der Waals surface area (Å²) in [6.07, 6.45) is 2.71. The quantitative estimate of drug-likeness (QED) is 0.239. The lowest BCUT2D eigenvalue weighted by Gasteiger charge is -2.34. The number of fused-ring (bicyclic) bond motifs is 2. The molecule has 0 spiro atoms. The highest BCUT2D eigenvalue weighted by atomic mass is 16.6. The normalized spacial score (nSPS) is 21.7. The molecule has 2 N–H and O–H groups in total. The van der Waals surface area contributed by atoms with Crippen molar-refractivity contribution >= 4 is 41.2 Å². The number of amides is 4. The van der Waals surface area contributed by atoms with Crippen LogP contribution in [0.4, 0.5) is 4.79 Å². The molecule has 1 heterocycles. The van der Waals surface area contributed by atoms with E-state index in [1.807, 2.05) is 24.3 Å². The van der Waals surface area contributed by atoms with Gasteiger partial charge < -0.3 is 25.2 Å². The van der Waals surface area contributed by atoms with Gasteiger partial charge in [-0.25, -0.2) is 4.79 Å². The zero-order valence-corrected chi connectivity index (χ0v) is 32.5. The predicted octanol–water partition coefficient (Wildman–Crippen LogP) is 4.38. The van der Waals surface area contributed by atoms with Gasteiger partial charge in [-0.1, -0.05) is 67.4 Å². The van der Waals surface area contributed by atoms with E-state index in [1.54, 1.807) is 70.1 Å². The highest BCUT2D eigenvalue weighted by Gasteiger charge is 2.58. The van der Waals surface area contributed by atoms with Gasteiger partial charge in [-0.05, 0) is 86.8 Å². The Hall–Kier alpha value is -4.87. The van der Waals surface area contributed by atoms with Crippen LogP contribution in [0.15, 0.2) is 54.6 Å². The molecular weight excluding hydrogens is 700 g/mol. The lowest BCUT2D eigenvalue weighted by atomic mass is 9.86. The summed E-state index contributed by atoms with van der Waals surface area (Å²) in [7, 11) is 3.18. The maximum absolute atomic E-state index is 14.5. The van der Waals surface area contributed by atoms with Gasteiger partial charge in [-0.15, -0.1) is 0 Å². The summed E-state index contributed by atoms with van der Waals surface area (Å²) in [6, 6.07) is 14.2. The second-order valence-electron chi connectivity index (χ2n) is 17.1. The number of benzene rings is 2. The van der Waals surface area contributed by atoms with E-state index in [1.165, 1.54) is 4.90 Å². The van der Waals surface area contributed by atoms with Crippen LogP contribution >= 0.6 is 0 Å². The van der Waals surface area contributed by atoms with Crippen molar-refractivity contribution in [2.75, 3.05) is 20.6 Å². The van der Waals surface area contributed by atoms with Crippen molar-refractivity contribution in [2.24, 2.45) is 29.6 Å². The van der Waals surface area contributed by atoms with E-state index in [-0.39, 0.29) is 60.5 Å². The Labute approximate surface area is 323 Å². The van der Waals surface area contributed by atoms with Crippen LogP contribution in [0.3, 0.4) is 0 Å². The molecule has 0 aromatic heterocycles. The highest BCUT2D eigenvalue weighted by Crippen LogP contribution is 2.51. The maximum atomic E-state index is 14.5. The third-order valence-corrected chi connectivity index (χ3v) is 11.4. The summed E-state index contributed by atoms with van der Waals surface area (Å²) in [4.78, 5) is 97.7. The number of likely N-dealkylation sites (tertiary alicyclic amines) is 1. The number of rotatable bonds is 16. The number of carbonyl (C=O) groups excluding carboxylic acids is 7. The largest absolute Gasteiger partial charge is 0.444 e. The number of carbonyl (C=O) groups is 7. The average molecular weight is 755 g/mol. The minimum absolute atomic E-state index is 0.0297. The number of piperidine rings is 1. The Morgan fingerprint density at radius 3 is 2.11 bits per heavy atom. The van der Waals surface area contributed by atoms with E-state index in [0.29, 0.717) is 31.4 Å². The fourth-order valence-electron chi connectivity index (χ4n) is 8.33. The van der Waals surface area contributed by atoms with E-state index < -0.39 is 53.2 Å². The fourth-order valence-corrected chi connectivity index (χ4v) is 8.33. The van der Waals surface area contributed by atoms with E-state index >= 15 is 0 Å². The molecule has 6 rings (SSSR count). The lowest BCUT2D eigenvalue weighted by molar-refractivity contribution is -0.144. The molecule has 294 valence electrons. The first-order valence-electron chi connectivity index (χ1n) is 19.6. The molecule has 2 aromatic carbocycles. The minimum Gasteiger partial charge on any atom is -0.444 e. The summed E-state index contributed by atoms with van der Waals surface area (Å²) >= 11 is 0. The summed E-state index contributed by atoms with van der Waals surface area (Å²) in [6.45, 7) is 5.66. The van der Waals surface area contributed by atoms with E-state index in [0.717, 1.165) is 30.4 Å². The topological polar surface area (TPSA) is 159 Å². The molecule has 0 bridgehead atoms. The van der Waals surface area contributed by atoms with Crippen LogP contribution in [-0.2, 0) is 46.3 Å². The fraction of sp³-hybridized carbons (Fsp3) is 0.558. The summed E-state index contributed by atoms with van der Waals surface area (Å²) in [5.74, 6) is -3.56. The van der Waals surface area contributed by atoms with Gasteiger partial charge in [0.2, 0.25) is 23.5 Å². The Balaban J connectivity index is 1.12. The third-order valence-electron chi connectivity index (χ3n) is 11.4. The van der Waals surface area contributed by atoms with E-state index in [9.17, 15) is 33.6 Å².